The number of nitrogens with zero attached hydrogens (tertiary/aromatic N) is 1. The van der Waals surface area contributed by atoms with Gasteiger partial charge in [-0.2, -0.15) is 11.8 Å². The van der Waals surface area contributed by atoms with Crippen LogP contribution in [0, 0.1) is 5.92 Å². The van der Waals surface area contributed by atoms with Gasteiger partial charge in [-0.1, -0.05) is 19.3 Å². The van der Waals surface area contributed by atoms with Crippen molar-refractivity contribution in [1.82, 2.24) is 10.2 Å². The van der Waals surface area contributed by atoms with Crippen LogP contribution in [0.3, 0.4) is 0 Å². The number of carbonyl (C=O) groups is 2. The number of thioether (sulfide) groups is 1. The molecule has 0 aromatic heterocycles. The molecule has 1 unspecified atom stereocenters. The minimum atomic E-state index is -0.263. The fourth-order valence-electron chi connectivity index (χ4n) is 3.41. The number of hydrogen-bond donors (Lipinski definition) is 1. The van der Waals surface area contributed by atoms with E-state index in [2.05, 4.69) is 11.6 Å². The molecule has 2 fully saturated rings. The first kappa shape index (κ1) is 16.7. The Bertz CT molecular complexity index is 356. The third-order valence-corrected chi connectivity index (χ3v) is 5.35. The van der Waals surface area contributed by atoms with Crippen LogP contribution in [0.2, 0.25) is 0 Å². The minimum Gasteiger partial charge on any atom is -0.344 e. The number of carbonyl (C=O) groups excluding carboxylic acids is 2. The number of unbranched alkanes of at least 4 members (excludes halogenated alkanes) is 1. The number of rotatable bonds is 6. The quantitative estimate of drug-likeness (QED) is 0.766. The van der Waals surface area contributed by atoms with Gasteiger partial charge in [-0.3, -0.25) is 9.59 Å². The van der Waals surface area contributed by atoms with E-state index < -0.39 is 0 Å². The molecule has 1 N–H and O–H groups in total. The molecular formula is C16H28N2O2S. The lowest BCUT2D eigenvalue weighted by Crippen LogP contribution is -2.49. The molecule has 5 heteroatoms. The minimum absolute atomic E-state index is 0.0468. The summed E-state index contributed by atoms with van der Waals surface area (Å²) in [5, 5.41) is 3.00. The molecule has 2 rings (SSSR count). The molecule has 1 saturated carbocycles. The van der Waals surface area contributed by atoms with Gasteiger partial charge in [0.25, 0.3) is 0 Å². The molecule has 120 valence electrons. The van der Waals surface area contributed by atoms with Crippen LogP contribution < -0.4 is 5.32 Å². The summed E-state index contributed by atoms with van der Waals surface area (Å²) in [5.41, 5.74) is 0. The lowest BCUT2D eigenvalue weighted by Gasteiger charge is -2.31. The number of hydrogen-bond acceptors (Lipinski definition) is 3. The fraction of sp³-hybridized carbons (Fsp3) is 0.875. The Kier molecular flexibility index (Phi) is 6.87. The summed E-state index contributed by atoms with van der Waals surface area (Å²) in [4.78, 5) is 26.6. The molecule has 1 atom stereocenters. The topological polar surface area (TPSA) is 49.4 Å². The molecule has 1 aliphatic carbocycles. The second-order valence-corrected chi connectivity index (χ2v) is 7.20. The van der Waals surface area contributed by atoms with Crippen molar-refractivity contribution in [2.24, 2.45) is 5.92 Å². The first-order valence-electron chi connectivity index (χ1n) is 8.29. The Hall–Kier alpha value is -0.710. The van der Waals surface area contributed by atoms with Crippen molar-refractivity contribution in [1.29, 1.82) is 0 Å². The van der Waals surface area contributed by atoms with Crippen LogP contribution >= 0.6 is 11.8 Å². The molecule has 0 bridgehead atoms. The highest BCUT2D eigenvalue weighted by molar-refractivity contribution is 7.98. The second-order valence-electron chi connectivity index (χ2n) is 6.22. The first-order chi connectivity index (χ1) is 10.2. The van der Waals surface area contributed by atoms with Crippen LogP contribution in [-0.2, 0) is 9.59 Å². The Morgan fingerprint density at radius 3 is 2.67 bits per heavy atom. The fourth-order valence-corrected chi connectivity index (χ4v) is 3.90. The lowest BCUT2D eigenvalue weighted by molar-refractivity contribution is -0.135. The zero-order valence-electron chi connectivity index (χ0n) is 13.1. The molecule has 1 aliphatic heterocycles. The van der Waals surface area contributed by atoms with Gasteiger partial charge in [-0.15, -0.1) is 0 Å². The van der Waals surface area contributed by atoms with Crippen LogP contribution in [0.15, 0.2) is 0 Å². The zero-order chi connectivity index (χ0) is 15.1. The molecule has 0 spiro atoms. The van der Waals surface area contributed by atoms with Gasteiger partial charge in [-0.05, 0) is 43.6 Å². The Balaban J connectivity index is 1.94. The predicted octanol–water partition coefficient (Wildman–Crippen LogP) is 2.43. The van der Waals surface area contributed by atoms with Gasteiger partial charge >= 0.3 is 0 Å². The monoisotopic (exact) mass is 312 g/mol. The molecule has 4 nitrogen and oxygen atoms in total. The second kappa shape index (κ2) is 8.66. The maximum atomic E-state index is 12.8. The van der Waals surface area contributed by atoms with E-state index in [0.29, 0.717) is 18.9 Å². The van der Waals surface area contributed by atoms with Crippen LogP contribution in [0.1, 0.15) is 51.4 Å². The van der Waals surface area contributed by atoms with Crippen molar-refractivity contribution < 1.29 is 9.59 Å². The van der Waals surface area contributed by atoms with Crippen molar-refractivity contribution >= 4 is 23.6 Å². The van der Waals surface area contributed by atoms with E-state index in [9.17, 15) is 9.59 Å². The molecule has 1 saturated heterocycles. The molecular weight excluding hydrogens is 284 g/mol. The summed E-state index contributed by atoms with van der Waals surface area (Å²) in [7, 11) is 0. The largest absolute Gasteiger partial charge is 0.344 e. The first-order valence-corrected chi connectivity index (χ1v) is 9.69. The van der Waals surface area contributed by atoms with E-state index in [1.54, 1.807) is 0 Å². The maximum absolute atomic E-state index is 12.8. The van der Waals surface area contributed by atoms with Crippen LogP contribution in [0.25, 0.3) is 0 Å². The molecule has 2 aliphatic rings. The van der Waals surface area contributed by atoms with E-state index >= 15 is 0 Å². The van der Waals surface area contributed by atoms with Crippen molar-refractivity contribution in [3.8, 4) is 0 Å². The van der Waals surface area contributed by atoms with Gasteiger partial charge in [0.1, 0.15) is 6.04 Å². The third kappa shape index (κ3) is 4.90. The molecule has 0 aromatic carbocycles. The standard InChI is InChI=1S/C16H28N2O2S/c1-21-12-6-5-10-18-11-9-14(19)17-15(16(18)20)13-7-3-2-4-8-13/h13,15H,2-12H2,1H3,(H,17,19). The Morgan fingerprint density at radius 2 is 1.95 bits per heavy atom. The molecule has 1 heterocycles. The van der Waals surface area contributed by atoms with Gasteiger partial charge in [0.05, 0.1) is 0 Å². The Labute approximate surface area is 132 Å². The van der Waals surface area contributed by atoms with Crippen LogP contribution in [0.5, 0.6) is 0 Å². The van der Waals surface area contributed by atoms with Crippen molar-refractivity contribution in [2.45, 2.75) is 57.4 Å². The van der Waals surface area contributed by atoms with Crippen molar-refractivity contribution in [2.75, 3.05) is 25.1 Å². The highest BCUT2D eigenvalue weighted by Crippen LogP contribution is 2.28. The molecule has 2 amide bonds. The normalized spacial score (nSPS) is 24.8. The summed E-state index contributed by atoms with van der Waals surface area (Å²) in [6, 6.07) is -0.263. The zero-order valence-corrected chi connectivity index (χ0v) is 13.9. The lowest BCUT2D eigenvalue weighted by atomic mass is 9.83. The number of nitrogens with one attached hydrogen (secondary N) is 1. The average Bonchev–Trinajstić information content (AvgIpc) is 2.65. The highest BCUT2D eigenvalue weighted by atomic mass is 32.2. The summed E-state index contributed by atoms with van der Waals surface area (Å²) in [5.74, 6) is 1.70. The van der Waals surface area contributed by atoms with E-state index in [0.717, 1.165) is 38.0 Å². The summed E-state index contributed by atoms with van der Waals surface area (Å²) in [6.45, 7) is 1.39. The predicted molar refractivity (Wildman–Crippen MR) is 87.3 cm³/mol. The molecule has 21 heavy (non-hydrogen) atoms. The van der Waals surface area contributed by atoms with E-state index in [4.69, 9.17) is 0 Å². The summed E-state index contributed by atoms with van der Waals surface area (Å²) >= 11 is 1.85. The van der Waals surface area contributed by atoms with Gasteiger partial charge in [0.2, 0.25) is 11.8 Å². The van der Waals surface area contributed by atoms with E-state index in [-0.39, 0.29) is 17.9 Å². The van der Waals surface area contributed by atoms with E-state index in [1.807, 2.05) is 16.7 Å². The summed E-state index contributed by atoms with van der Waals surface area (Å²) < 4.78 is 0. The summed E-state index contributed by atoms with van der Waals surface area (Å²) in [6.07, 6.45) is 10.6. The maximum Gasteiger partial charge on any atom is 0.245 e. The van der Waals surface area contributed by atoms with Gasteiger partial charge < -0.3 is 10.2 Å². The van der Waals surface area contributed by atoms with Gasteiger partial charge in [0.15, 0.2) is 0 Å². The SMILES string of the molecule is CSCCCCN1CCC(=O)NC(C2CCCCC2)C1=O. The van der Waals surface area contributed by atoms with Crippen molar-refractivity contribution in [3.63, 3.8) is 0 Å². The van der Waals surface area contributed by atoms with E-state index in [1.165, 1.54) is 19.3 Å². The van der Waals surface area contributed by atoms with Gasteiger partial charge in [0, 0.05) is 19.5 Å². The molecule has 0 radical (unpaired) electrons. The van der Waals surface area contributed by atoms with Crippen molar-refractivity contribution in [3.05, 3.63) is 0 Å². The average molecular weight is 312 g/mol. The molecule has 0 aromatic rings. The highest BCUT2D eigenvalue weighted by Gasteiger charge is 2.35. The van der Waals surface area contributed by atoms with Crippen LogP contribution in [0.4, 0.5) is 0 Å². The Morgan fingerprint density at radius 1 is 1.19 bits per heavy atom. The van der Waals surface area contributed by atoms with Gasteiger partial charge in [-0.25, -0.2) is 0 Å². The number of amides is 2. The van der Waals surface area contributed by atoms with Crippen LogP contribution in [-0.4, -0.2) is 47.9 Å². The third-order valence-electron chi connectivity index (χ3n) is 4.65. The smallest absolute Gasteiger partial charge is 0.245 e.